The number of hydrogen-bond donors (Lipinski definition) is 2. The summed E-state index contributed by atoms with van der Waals surface area (Å²) in [6, 6.07) is 9.93. The summed E-state index contributed by atoms with van der Waals surface area (Å²) >= 11 is 1.59. The Labute approximate surface area is 148 Å². The number of anilines is 2. The highest BCUT2D eigenvalue weighted by Gasteiger charge is 2.12. The van der Waals surface area contributed by atoms with Gasteiger partial charge in [-0.2, -0.15) is 14.9 Å². The molecule has 0 amide bonds. The van der Waals surface area contributed by atoms with Gasteiger partial charge >= 0.3 is 0 Å². The third-order valence-electron chi connectivity index (χ3n) is 3.81. The highest BCUT2D eigenvalue weighted by molar-refractivity contribution is 7.98. The number of aryl methyl sites for hydroxylation is 2. The van der Waals surface area contributed by atoms with Crippen LogP contribution in [-0.4, -0.2) is 36.2 Å². The number of rotatable bonds is 4. The molecule has 0 bridgehead atoms. The number of hydrogen-bond acceptors (Lipinski definition) is 6. The Hall–Kier alpha value is -2.87. The standard InChI is InChI=1S/C17H17N7S/c1-10-7-15(21-13-5-4-6-14-12(13)9-18-22-14)24(23-10)16-8-17(25-3)20-11(2)19-16/h4-9,21H,1-3H3,(H,18,22). The fourth-order valence-electron chi connectivity index (χ4n) is 2.72. The average molecular weight is 351 g/mol. The van der Waals surface area contributed by atoms with E-state index in [1.54, 1.807) is 11.8 Å². The number of benzene rings is 1. The Morgan fingerprint density at radius 1 is 1.16 bits per heavy atom. The topological polar surface area (TPSA) is 84.3 Å². The van der Waals surface area contributed by atoms with Gasteiger partial charge in [-0.25, -0.2) is 9.97 Å². The van der Waals surface area contributed by atoms with Crippen LogP contribution < -0.4 is 5.32 Å². The van der Waals surface area contributed by atoms with Crippen molar-refractivity contribution in [3.63, 3.8) is 0 Å². The summed E-state index contributed by atoms with van der Waals surface area (Å²) in [5, 5.41) is 17.1. The van der Waals surface area contributed by atoms with Gasteiger partial charge in [0.15, 0.2) is 5.82 Å². The maximum absolute atomic E-state index is 4.59. The molecule has 4 rings (SSSR count). The number of thioether (sulfide) groups is 1. The third-order valence-corrected chi connectivity index (χ3v) is 4.43. The van der Waals surface area contributed by atoms with Gasteiger partial charge in [-0.3, -0.25) is 5.10 Å². The van der Waals surface area contributed by atoms with Crippen LogP contribution in [0.2, 0.25) is 0 Å². The second kappa shape index (κ2) is 6.21. The van der Waals surface area contributed by atoms with Crippen molar-refractivity contribution in [2.75, 3.05) is 11.6 Å². The molecule has 25 heavy (non-hydrogen) atoms. The maximum Gasteiger partial charge on any atom is 0.160 e. The van der Waals surface area contributed by atoms with E-state index in [0.29, 0.717) is 0 Å². The summed E-state index contributed by atoms with van der Waals surface area (Å²) in [6.45, 7) is 3.85. The summed E-state index contributed by atoms with van der Waals surface area (Å²) in [7, 11) is 0. The van der Waals surface area contributed by atoms with E-state index in [4.69, 9.17) is 0 Å². The summed E-state index contributed by atoms with van der Waals surface area (Å²) < 4.78 is 1.81. The molecule has 0 atom stereocenters. The van der Waals surface area contributed by atoms with E-state index in [1.165, 1.54) is 0 Å². The Kier molecular flexibility index (Phi) is 3.89. The molecule has 0 saturated heterocycles. The molecule has 4 aromatic rings. The van der Waals surface area contributed by atoms with Crippen molar-refractivity contribution in [2.45, 2.75) is 18.9 Å². The van der Waals surface area contributed by atoms with E-state index >= 15 is 0 Å². The molecular formula is C17H17N7S. The van der Waals surface area contributed by atoms with E-state index in [-0.39, 0.29) is 0 Å². The van der Waals surface area contributed by atoms with E-state index in [0.717, 1.165) is 44.8 Å². The van der Waals surface area contributed by atoms with Crippen LogP contribution in [0.4, 0.5) is 11.5 Å². The van der Waals surface area contributed by atoms with Crippen LogP contribution in [0.15, 0.2) is 41.6 Å². The van der Waals surface area contributed by atoms with Crippen molar-refractivity contribution in [1.82, 2.24) is 29.9 Å². The molecule has 0 radical (unpaired) electrons. The number of H-pyrrole nitrogens is 1. The largest absolute Gasteiger partial charge is 0.339 e. The van der Waals surface area contributed by atoms with E-state index in [1.807, 2.05) is 61.3 Å². The van der Waals surface area contributed by atoms with Gasteiger partial charge in [0.1, 0.15) is 16.7 Å². The third kappa shape index (κ3) is 2.96. The van der Waals surface area contributed by atoms with Gasteiger partial charge in [0, 0.05) is 17.5 Å². The SMILES string of the molecule is CSc1cc(-n2nc(C)cc2Nc2cccc3[nH]ncc23)nc(C)n1. The lowest BCUT2D eigenvalue weighted by Crippen LogP contribution is -2.07. The lowest BCUT2D eigenvalue weighted by atomic mass is 10.2. The Morgan fingerprint density at radius 2 is 2.04 bits per heavy atom. The van der Waals surface area contributed by atoms with Crippen molar-refractivity contribution >= 4 is 34.2 Å². The molecule has 0 unspecified atom stereocenters. The molecule has 126 valence electrons. The molecule has 0 aliphatic heterocycles. The minimum Gasteiger partial charge on any atom is -0.339 e. The van der Waals surface area contributed by atoms with Crippen LogP contribution in [0, 0.1) is 13.8 Å². The smallest absolute Gasteiger partial charge is 0.160 e. The van der Waals surface area contributed by atoms with Gasteiger partial charge in [-0.05, 0) is 32.2 Å². The zero-order valence-corrected chi connectivity index (χ0v) is 14.9. The minimum atomic E-state index is 0.720. The number of aromatic amines is 1. The molecule has 2 N–H and O–H groups in total. The monoisotopic (exact) mass is 351 g/mol. The first-order valence-corrected chi connectivity index (χ1v) is 9.02. The Morgan fingerprint density at radius 3 is 2.88 bits per heavy atom. The van der Waals surface area contributed by atoms with Crippen LogP contribution in [0.5, 0.6) is 0 Å². The molecule has 0 saturated carbocycles. The summed E-state index contributed by atoms with van der Waals surface area (Å²) in [6.07, 6.45) is 3.81. The minimum absolute atomic E-state index is 0.720. The fraction of sp³-hybridized carbons (Fsp3) is 0.176. The lowest BCUT2D eigenvalue weighted by molar-refractivity contribution is 0.807. The molecule has 3 heterocycles. The van der Waals surface area contributed by atoms with Crippen molar-refractivity contribution in [3.05, 3.63) is 48.0 Å². The molecule has 0 aliphatic rings. The van der Waals surface area contributed by atoms with E-state index in [9.17, 15) is 0 Å². The fourth-order valence-corrected chi connectivity index (χ4v) is 3.16. The predicted octanol–water partition coefficient (Wildman–Crippen LogP) is 3.62. The first-order valence-electron chi connectivity index (χ1n) is 7.80. The summed E-state index contributed by atoms with van der Waals surface area (Å²) in [5.74, 6) is 2.31. The number of nitrogens with one attached hydrogen (secondary N) is 2. The Bertz CT molecular complexity index is 1050. The first-order chi connectivity index (χ1) is 12.1. The maximum atomic E-state index is 4.59. The zero-order chi connectivity index (χ0) is 17.4. The van der Waals surface area contributed by atoms with Crippen LogP contribution in [0.25, 0.3) is 16.7 Å². The van der Waals surface area contributed by atoms with Crippen LogP contribution in [-0.2, 0) is 0 Å². The lowest BCUT2D eigenvalue weighted by Gasteiger charge is -2.11. The van der Waals surface area contributed by atoms with Crippen LogP contribution >= 0.6 is 11.8 Å². The van der Waals surface area contributed by atoms with E-state index in [2.05, 4.69) is 30.6 Å². The highest BCUT2D eigenvalue weighted by atomic mass is 32.2. The molecular weight excluding hydrogens is 334 g/mol. The molecule has 3 aromatic heterocycles. The van der Waals surface area contributed by atoms with Crippen molar-refractivity contribution < 1.29 is 0 Å². The average Bonchev–Trinajstić information content (AvgIpc) is 3.21. The van der Waals surface area contributed by atoms with Gasteiger partial charge in [-0.15, -0.1) is 11.8 Å². The van der Waals surface area contributed by atoms with Crippen molar-refractivity contribution in [1.29, 1.82) is 0 Å². The van der Waals surface area contributed by atoms with Gasteiger partial charge in [0.05, 0.1) is 23.1 Å². The number of nitrogens with zero attached hydrogens (tertiary/aromatic N) is 5. The highest BCUT2D eigenvalue weighted by Crippen LogP contribution is 2.27. The molecule has 0 spiro atoms. The van der Waals surface area contributed by atoms with Crippen molar-refractivity contribution in [3.8, 4) is 5.82 Å². The van der Waals surface area contributed by atoms with Gasteiger partial charge < -0.3 is 5.32 Å². The van der Waals surface area contributed by atoms with Gasteiger partial charge in [0.25, 0.3) is 0 Å². The molecule has 7 nitrogen and oxygen atoms in total. The van der Waals surface area contributed by atoms with Gasteiger partial charge in [0.2, 0.25) is 0 Å². The van der Waals surface area contributed by atoms with E-state index < -0.39 is 0 Å². The molecule has 0 aliphatic carbocycles. The van der Waals surface area contributed by atoms with Crippen LogP contribution in [0.3, 0.4) is 0 Å². The molecule has 0 fully saturated rings. The summed E-state index contributed by atoms with van der Waals surface area (Å²) in [4.78, 5) is 8.95. The van der Waals surface area contributed by atoms with Crippen LogP contribution in [0.1, 0.15) is 11.5 Å². The zero-order valence-electron chi connectivity index (χ0n) is 14.1. The van der Waals surface area contributed by atoms with Crippen molar-refractivity contribution in [2.24, 2.45) is 0 Å². The first kappa shape index (κ1) is 15.6. The molecule has 1 aromatic carbocycles. The predicted molar refractivity (Wildman–Crippen MR) is 99.8 cm³/mol. The number of fused-ring (bicyclic) bond motifs is 1. The molecule has 8 heteroatoms. The second-order valence-electron chi connectivity index (χ2n) is 5.66. The summed E-state index contributed by atoms with van der Waals surface area (Å²) in [5.41, 5.74) is 2.85. The Balaban J connectivity index is 1.80. The number of aromatic nitrogens is 6. The quantitative estimate of drug-likeness (QED) is 0.431. The van der Waals surface area contributed by atoms with Gasteiger partial charge in [-0.1, -0.05) is 6.07 Å². The normalized spacial score (nSPS) is 11.2. The second-order valence-corrected chi connectivity index (χ2v) is 6.49.